The molecule has 2 saturated heterocycles. The summed E-state index contributed by atoms with van der Waals surface area (Å²) in [6.45, 7) is 6.44. The first-order chi connectivity index (χ1) is 12.9. The van der Waals surface area contributed by atoms with Crippen LogP contribution in [0.5, 0.6) is 5.88 Å². The van der Waals surface area contributed by atoms with Crippen molar-refractivity contribution in [1.29, 1.82) is 0 Å². The van der Waals surface area contributed by atoms with Crippen molar-refractivity contribution in [2.75, 3.05) is 7.11 Å². The summed E-state index contributed by atoms with van der Waals surface area (Å²) in [5.74, 6) is 0.426. The molecule has 2 bridgehead atoms. The Morgan fingerprint density at radius 2 is 1.89 bits per heavy atom. The third-order valence-corrected chi connectivity index (χ3v) is 5.79. The summed E-state index contributed by atoms with van der Waals surface area (Å²) in [5.41, 5.74) is 1.55. The third kappa shape index (κ3) is 3.19. The van der Waals surface area contributed by atoms with E-state index in [0.29, 0.717) is 17.5 Å². The molecule has 7 nitrogen and oxygen atoms in total. The molecule has 0 aromatic carbocycles. The first kappa shape index (κ1) is 17.9. The maximum Gasteiger partial charge on any atom is 0.259 e. The van der Waals surface area contributed by atoms with Gasteiger partial charge in [0.1, 0.15) is 5.56 Å². The predicted molar refractivity (Wildman–Crippen MR) is 101 cm³/mol. The molecular weight excluding hydrogens is 342 g/mol. The molecule has 27 heavy (non-hydrogen) atoms. The number of aromatic nitrogens is 4. The summed E-state index contributed by atoms with van der Waals surface area (Å²) >= 11 is 0. The van der Waals surface area contributed by atoms with Gasteiger partial charge in [-0.1, -0.05) is 26.0 Å². The molecule has 1 amide bonds. The summed E-state index contributed by atoms with van der Waals surface area (Å²) in [6.07, 6.45) is 7.63. The molecule has 0 N–H and O–H groups in total. The van der Waals surface area contributed by atoms with Gasteiger partial charge in [-0.25, -0.2) is 9.67 Å². The van der Waals surface area contributed by atoms with Crippen LogP contribution in [0.2, 0.25) is 0 Å². The van der Waals surface area contributed by atoms with Gasteiger partial charge in [-0.05, 0) is 37.8 Å². The maximum absolute atomic E-state index is 13.2. The van der Waals surface area contributed by atoms with E-state index in [-0.39, 0.29) is 23.4 Å². The number of amides is 1. The van der Waals surface area contributed by atoms with Crippen molar-refractivity contribution in [3.63, 3.8) is 0 Å². The minimum atomic E-state index is -0.00916. The van der Waals surface area contributed by atoms with Gasteiger partial charge in [0.2, 0.25) is 5.88 Å². The van der Waals surface area contributed by atoms with Gasteiger partial charge in [0.25, 0.3) is 5.91 Å². The fourth-order valence-corrected chi connectivity index (χ4v) is 4.35. The van der Waals surface area contributed by atoms with Crippen LogP contribution in [0.15, 0.2) is 24.5 Å². The number of nitrogens with zero attached hydrogens (tertiary/aromatic N) is 5. The molecule has 2 unspecified atom stereocenters. The van der Waals surface area contributed by atoms with Crippen LogP contribution in [0.3, 0.4) is 0 Å². The standard InChI is InChI=1S/C20H27N5O2/c1-20(2,3)17-12-24(23-22-17)15-10-13-7-8-14(11-15)25(13)19(26)16-6-5-9-21-18(16)27-4/h5-6,9,12-15H,7-8,10-11H2,1-4H3. The van der Waals surface area contributed by atoms with Crippen molar-refractivity contribution in [2.45, 2.75) is 70.0 Å². The van der Waals surface area contributed by atoms with Crippen molar-refractivity contribution in [3.05, 3.63) is 35.8 Å². The highest BCUT2D eigenvalue weighted by atomic mass is 16.5. The van der Waals surface area contributed by atoms with E-state index < -0.39 is 0 Å². The Hall–Kier alpha value is -2.44. The number of methoxy groups -OCH3 is 1. The van der Waals surface area contributed by atoms with Crippen molar-refractivity contribution >= 4 is 5.91 Å². The minimum absolute atomic E-state index is 0.00916. The number of hydrogen-bond acceptors (Lipinski definition) is 5. The molecule has 4 heterocycles. The van der Waals surface area contributed by atoms with E-state index in [0.717, 1.165) is 31.4 Å². The highest BCUT2D eigenvalue weighted by Gasteiger charge is 2.45. The molecule has 2 aromatic rings. The van der Waals surface area contributed by atoms with Crippen LogP contribution in [-0.2, 0) is 5.41 Å². The van der Waals surface area contributed by atoms with E-state index in [2.05, 4.69) is 47.2 Å². The second-order valence-electron chi connectivity index (χ2n) is 8.62. The predicted octanol–water partition coefficient (Wildman–Crippen LogP) is 2.99. The Morgan fingerprint density at radius 1 is 1.19 bits per heavy atom. The normalized spacial score (nSPS) is 24.9. The highest BCUT2D eigenvalue weighted by molar-refractivity contribution is 5.97. The third-order valence-electron chi connectivity index (χ3n) is 5.79. The minimum Gasteiger partial charge on any atom is -0.480 e. The Labute approximate surface area is 159 Å². The Balaban J connectivity index is 1.54. The average molecular weight is 369 g/mol. The number of pyridine rings is 1. The molecule has 2 aromatic heterocycles. The number of rotatable bonds is 3. The number of piperidine rings is 1. The summed E-state index contributed by atoms with van der Waals surface area (Å²) in [4.78, 5) is 19.4. The largest absolute Gasteiger partial charge is 0.480 e. The van der Waals surface area contributed by atoms with Crippen LogP contribution < -0.4 is 4.74 Å². The zero-order chi connectivity index (χ0) is 19.2. The summed E-state index contributed by atoms with van der Waals surface area (Å²) in [6, 6.07) is 4.34. The lowest BCUT2D eigenvalue weighted by Crippen LogP contribution is -2.47. The molecule has 0 aliphatic carbocycles. The number of ether oxygens (including phenoxy) is 1. The van der Waals surface area contributed by atoms with Crippen molar-refractivity contribution < 1.29 is 9.53 Å². The monoisotopic (exact) mass is 369 g/mol. The van der Waals surface area contributed by atoms with Gasteiger partial charge < -0.3 is 9.64 Å². The molecule has 2 aliphatic heterocycles. The Kier molecular flexibility index (Phi) is 4.40. The molecule has 0 saturated carbocycles. The van der Waals surface area contributed by atoms with E-state index in [4.69, 9.17) is 4.74 Å². The molecule has 2 atom stereocenters. The van der Waals surface area contributed by atoms with Crippen molar-refractivity contribution in [2.24, 2.45) is 0 Å². The van der Waals surface area contributed by atoms with Crippen LogP contribution in [0.1, 0.15) is 68.5 Å². The van der Waals surface area contributed by atoms with Gasteiger partial charge in [0.15, 0.2) is 0 Å². The van der Waals surface area contributed by atoms with Crippen LogP contribution >= 0.6 is 0 Å². The first-order valence-corrected chi connectivity index (χ1v) is 9.62. The van der Waals surface area contributed by atoms with Gasteiger partial charge >= 0.3 is 0 Å². The zero-order valence-corrected chi connectivity index (χ0v) is 16.4. The number of hydrogen-bond donors (Lipinski definition) is 0. The average Bonchev–Trinajstić information content (AvgIpc) is 3.24. The van der Waals surface area contributed by atoms with Gasteiger partial charge in [-0.2, -0.15) is 0 Å². The fraction of sp³-hybridized carbons (Fsp3) is 0.600. The molecule has 2 aliphatic rings. The van der Waals surface area contributed by atoms with Crippen molar-refractivity contribution in [3.8, 4) is 5.88 Å². The number of carbonyl (C=O) groups excluding carboxylic acids is 1. The molecule has 0 spiro atoms. The Bertz CT molecular complexity index is 827. The second kappa shape index (κ2) is 6.62. The molecular formula is C20H27N5O2. The van der Waals surface area contributed by atoms with Crippen LogP contribution in [-0.4, -0.2) is 50.0 Å². The molecule has 7 heteroatoms. The Morgan fingerprint density at radius 3 is 2.48 bits per heavy atom. The quantitative estimate of drug-likeness (QED) is 0.832. The fourth-order valence-electron chi connectivity index (χ4n) is 4.35. The molecule has 2 fully saturated rings. The summed E-state index contributed by atoms with van der Waals surface area (Å²) in [5, 5.41) is 8.76. The zero-order valence-electron chi connectivity index (χ0n) is 16.4. The SMILES string of the molecule is COc1ncccc1C(=O)N1C2CCC1CC(n1cc(C(C)(C)C)nn1)C2. The van der Waals surface area contributed by atoms with Crippen LogP contribution in [0.4, 0.5) is 0 Å². The first-order valence-electron chi connectivity index (χ1n) is 9.62. The topological polar surface area (TPSA) is 73.1 Å². The smallest absolute Gasteiger partial charge is 0.259 e. The van der Waals surface area contributed by atoms with E-state index >= 15 is 0 Å². The van der Waals surface area contributed by atoms with E-state index in [1.54, 1.807) is 25.4 Å². The van der Waals surface area contributed by atoms with Gasteiger partial charge in [-0.3, -0.25) is 4.79 Å². The lowest BCUT2D eigenvalue weighted by atomic mass is 9.93. The number of fused-ring (bicyclic) bond motifs is 2. The summed E-state index contributed by atoms with van der Waals surface area (Å²) < 4.78 is 7.30. The lowest BCUT2D eigenvalue weighted by molar-refractivity contribution is 0.0519. The van der Waals surface area contributed by atoms with E-state index in [1.165, 1.54) is 0 Å². The lowest BCUT2D eigenvalue weighted by Gasteiger charge is -2.39. The second-order valence-corrected chi connectivity index (χ2v) is 8.62. The van der Waals surface area contributed by atoms with Gasteiger partial charge in [0, 0.05) is 29.9 Å². The maximum atomic E-state index is 13.2. The molecule has 0 radical (unpaired) electrons. The highest BCUT2D eigenvalue weighted by Crippen LogP contribution is 2.42. The van der Waals surface area contributed by atoms with Crippen LogP contribution in [0, 0.1) is 0 Å². The molecule has 144 valence electrons. The number of carbonyl (C=O) groups is 1. The van der Waals surface area contributed by atoms with E-state index in [1.807, 2.05) is 4.68 Å². The van der Waals surface area contributed by atoms with Crippen molar-refractivity contribution in [1.82, 2.24) is 24.9 Å². The molecule has 4 rings (SSSR count). The van der Waals surface area contributed by atoms with Gasteiger partial charge in [0.05, 0.1) is 18.8 Å². The summed E-state index contributed by atoms with van der Waals surface area (Å²) in [7, 11) is 1.55. The van der Waals surface area contributed by atoms with Crippen LogP contribution in [0.25, 0.3) is 0 Å². The van der Waals surface area contributed by atoms with Gasteiger partial charge in [-0.15, -0.1) is 5.10 Å². The van der Waals surface area contributed by atoms with E-state index in [9.17, 15) is 4.79 Å².